The minimum atomic E-state index is -0.0728. The molecule has 3 heteroatoms. The third-order valence-electron chi connectivity index (χ3n) is 6.26. The highest BCUT2D eigenvalue weighted by atomic mass is 16.3. The fourth-order valence-electron chi connectivity index (χ4n) is 5.95. The highest BCUT2D eigenvalue weighted by Gasteiger charge is 2.51. The minimum absolute atomic E-state index is 0.0586. The van der Waals surface area contributed by atoms with Crippen LogP contribution in [0.3, 0.4) is 0 Å². The van der Waals surface area contributed by atoms with E-state index in [9.17, 15) is 9.90 Å². The topological polar surface area (TPSA) is 40.5 Å². The molecule has 4 saturated carbocycles. The number of amides is 1. The minimum Gasteiger partial charge on any atom is -0.394 e. The van der Waals surface area contributed by atoms with Gasteiger partial charge in [0.2, 0.25) is 5.91 Å². The molecule has 110 valence electrons. The maximum absolute atomic E-state index is 12.7. The van der Waals surface area contributed by atoms with Crippen LogP contribution in [0.2, 0.25) is 0 Å². The summed E-state index contributed by atoms with van der Waals surface area (Å²) >= 11 is 0. The number of hydrogen-bond donors (Lipinski definition) is 1. The Morgan fingerprint density at radius 3 is 2.30 bits per heavy atom. The Bertz CT molecular complexity index is 407. The molecule has 4 aliphatic carbocycles. The molecule has 0 aromatic carbocycles. The van der Waals surface area contributed by atoms with Gasteiger partial charge in [-0.3, -0.25) is 4.79 Å². The lowest BCUT2D eigenvalue weighted by Gasteiger charge is -2.57. The average molecular weight is 275 g/mol. The van der Waals surface area contributed by atoms with Gasteiger partial charge in [0.25, 0.3) is 0 Å². The largest absolute Gasteiger partial charge is 0.394 e. The van der Waals surface area contributed by atoms with E-state index < -0.39 is 0 Å². The maximum atomic E-state index is 12.7. The summed E-state index contributed by atoms with van der Waals surface area (Å²) in [4.78, 5) is 14.5. The number of aliphatic hydroxyl groups is 1. The Labute approximate surface area is 121 Å². The highest BCUT2D eigenvalue weighted by molar-refractivity contribution is 5.78. The van der Waals surface area contributed by atoms with E-state index in [1.807, 2.05) is 17.1 Å². The molecule has 1 N–H and O–H groups in total. The molecular formula is C17H25NO2. The van der Waals surface area contributed by atoms with Crippen LogP contribution in [0.1, 0.15) is 44.9 Å². The van der Waals surface area contributed by atoms with E-state index >= 15 is 0 Å². The van der Waals surface area contributed by atoms with Crippen molar-refractivity contribution >= 4 is 5.91 Å². The zero-order chi connectivity index (χ0) is 13.7. The highest BCUT2D eigenvalue weighted by Crippen LogP contribution is 2.61. The normalized spacial score (nSPS) is 45.4. The molecule has 1 heterocycles. The predicted octanol–water partition coefficient (Wildman–Crippen LogP) is 2.35. The SMILES string of the molecule is O=C(CC12CC3CC(CC(C3)C1)C2)N1CC=CC1CO. The Hall–Kier alpha value is -0.830. The van der Waals surface area contributed by atoms with E-state index in [0.717, 1.165) is 24.2 Å². The number of hydrogen-bond acceptors (Lipinski definition) is 2. The Balaban J connectivity index is 1.47. The smallest absolute Gasteiger partial charge is 0.223 e. The summed E-state index contributed by atoms with van der Waals surface area (Å²) in [6.07, 6.45) is 12.9. The zero-order valence-corrected chi connectivity index (χ0v) is 12.1. The van der Waals surface area contributed by atoms with Gasteiger partial charge < -0.3 is 10.0 Å². The van der Waals surface area contributed by atoms with Crippen LogP contribution in [-0.4, -0.2) is 35.1 Å². The van der Waals surface area contributed by atoms with Crippen molar-refractivity contribution in [2.75, 3.05) is 13.2 Å². The molecule has 4 fully saturated rings. The second-order valence-corrected chi connectivity index (χ2v) is 7.82. The molecule has 1 aliphatic heterocycles. The van der Waals surface area contributed by atoms with Crippen LogP contribution in [0.5, 0.6) is 0 Å². The van der Waals surface area contributed by atoms with Crippen LogP contribution >= 0.6 is 0 Å². The van der Waals surface area contributed by atoms with Crippen molar-refractivity contribution in [3.63, 3.8) is 0 Å². The number of carbonyl (C=O) groups is 1. The van der Waals surface area contributed by atoms with Crippen molar-refractivity contribution in [3.8, 4) is 0 Å². The molecule has 5 rings (SSSR count). The monoisotopic (exact) mass is 275 g/mol. The maximum Gasteiger partial charge on any atom is 0.223 e. The van der Waals surface area contributed by atoms with Gasteiger partial charge in [0.1, 0.15) is 0 Å². The summed E-state index contributed by atoms with van der Waals surface area (Å²) in [5, 5.41) is 9.37. The molecular weight excluding hydrogens is 250 g/mol. The molecule has 4 bridgehead atoms. The van der Waals surface area contributed by atoms with Crippen LogP contribution in [0.15, 0.2) is 12.2 Å². The van der Waals surface area contributed by atoms with Gasteiger partial charge in [-0.05, 0) is 61.7 Å². The molecule has 20 heavy (non-hydrogen) atoms. The standard InChI is InChI=1S/C17H25NO2/c19-11-15-2-1-3-18(15)16(20)10-17-7-12-4-13(8-17)6-14(5-12)9-17/h1-2,12-15,19H,3-11H2. The fraction of sp³-hybridized carbons (Fsp3) is 0.824. The van der Waals surface area contributed by atoms with Crippen molar-refractivity contribution in [2.45, 2.75) is 51.0 Å². The Kier molecular flexibility index (Phi) is 2.95. The number of carbonyl (C=O) groups excluding carboxylic acids is 1. The molecule has 1 amide bonds. The molecule has 5 aliphatic rings. The molecule has 0 radical (unpaired) electrons. The predicted molar refractivity (Wildman–Crippen MR) is 76.9 cm³/mol. The van der Waals surface area contributed by atoms with E-state index in [4.69, 9.17) is 0 Å². The van der Waals surface area contributed by atoms with E-state index in [1.54, 1.807) is 0 Å². The van der Waals surface area contributed by atoms with Gasteiger partial charge >= 0.3 is 0 Å². The summed E-state index contributed by atoms with van der Waals surface area (Å²) in [6, 6.07) is -0.0728. The van der Waals surface area contributed by atoms with Crippen LogP contribution in [0.25, 0.3) is 0 Å². The third kappa shape index (κ3) is 2.02. The summed E-state index contributed by atoms with van der Waals surface area (Å²) in [5.41, 5.74) is 0.314. The third-order valence-corrected chi connectivity index (χ3v) is 6.26. The van der Waals surface area contributed by atoms with Crippen LogP contribution in [-0.2, 0) is 4.79 Å². The number of rotatable bonds is 3. The van der Waals surface area contributed by atoms with Gasteiger partial charge in [0.15, 0.2) is 0 Å². The second kappa shape index (κ2) is 4.59. The van der Waals surface area contributed by atoms with E-state index in [1.165, 1.54) is 38.5 Å². The van der Waals surface area contributed by atoms with Crippen LogP contribution < -0.4 is 0 Å². The van der Waals surface area contributed by atoms with Gasteiger partial charge in [-0.1, -0.05) is 12.2 Å². The second-order valence-electron chi connectivity index (χ2n) is 7.82. The molecule has 0 spiro atoms. The lowest BCUT2D eigenvalue weighted by molar-refractivity contribution is -0.140. The molecule has 0 saturated heterocycles. The lowest BCUT2D eigenvalue weighted by atomic mass is 9.49. The number of nitrogens with zero attached hydrogens (tertiary/aromatic N) is 1. The lowest BCUT2D eigenvalue weighted by Crippen LogP contribution is -2.49. The summed E-state index contributed by atoms with van der Waals surface area (Å²) in [5.74, 6) is 2.98. The van der Waals surface area contributed by atoms with Crippen molar-refractivity contribution in [1.29, 1.82) is 0 Å². The zero-order valence-electron chi connectivity index (χ0n) is 12.1. The van der Waals surface area contributed by atoms with Crippen LogP contribution in [0.4, 0.5) is 0 Å². The number of aliphatic hydroxyl groups excluding tert-OH is 1. The van der Waals surface area contributed by atoms with E-state index in [0.29, 0.717) is 12.0 Å². The quantitative estimate of drug-likeness (QED) is 0.803. The first-order valence-electron chi connectivity index (χ1n) is 8.24. The first-order chi connectivity index (χ1) is 9.67. The summed E-state index contributed by atoms with van der Waals surface area (Å²) in [6.45, 7) is 0.750. The first-order valence-corrected chi connectivity index (χ1v) is 8.24. The molecule has 1 unspecified atom stereocenters. The van der Waals surface area contributed by atoms with E-state index in [-0.39, 0.29) is 18.6 Å². The van der Waals surface area contributed by atoms with Crippen molar-refractivity contribution in [2.24, 2.45) is 23.2 Å². The molecule has 3 nitrogen and oxygen atoms in total. The van der Waals surface area contributed by atoms with Gasteiger partial charge in [0.05, 0.1) is 12.6 Å². The molecule has 0 aromatic heterocycles. The van der Waals surface area contributed by atoms with Gasteiger partial charge in [0, 0.05) is 13.0 Å². The molecule has 1 atom stereocenters. The van der Waals surface area contributed by atoms with Crippen molar-refractivity contribution in [3.05, 3.63) is 12.2 Å². The first kappa shape index (κ1) is 12.9. The van der Waals surface area contributed by atoms with Gasteiger partial charge in [-0.2, -0.15) is 0 Å². The summed E-state index contributed by atoms with van der Waals surface area (Å²) < 4.78 is 0. The fourth-order valence-corrected chi connectivity index (χ4v) is 5.95. The average Bonchev–Trinajstić information content (AvgIpc) is 2.84. The van der Waals surface area contributed by atoms with Gasteiger partial charge in [-0.15, -0.1) is 0 Å². The van der Waals surface area contributed by atoms with Crippen molar-refractivity contribution < 1.29 is 9.90 Å². The summed E-state index contributed by atoms with van der Waals surface area (Å²) in [7, 11) is 0. The molecule has 0 aromatic rings. The Morgan fingerprint density at radius 2 is 1.75 bits per heavy atom. The van der Waals surface area contributed by atoms with Crippen molar-refractivity contribution in [1.82, 2.24) is 4.90 Å². The van der Waals surface area contributed by atoms with Gasteiger partial charge in [-0.25, -0.2) is 0 Å². The van der Waals surface area contributed by atoms with Crippen LogP contribution in [0, 0.1) is 23.2 Å². The Morgan fingerprint density at radius 1 is 1.15 bits per heavy atom. The van der Waals surface area contributed by atoms with E-state index in [2.05, 4.69) is 0 Å².